The maximum atomic E-state index is 9.44. The third-order valence-corrected chi connectivity index (χ3v) is 3.06. The summed E-state index contributed by atoms with van der Waals surface area (Å²) in [4.78, 5) is 0. The van der Waals surface area contributed by atoms with Crippen molar-refractivity contribution in [1.82, 2.24) is 0 Å². The maximum Gasteiger partial charge on any atom is 0.166 e. The number of nitrogens with two attached hydrogens (primary N) is 1. The van der Waals surface area contributed by atoms with Gasteiger partial charge in [0.25, 0.3) is 0 Å². The number of aliphatic hydroxyl groups excluding tert-OH is 4. The van der Waals surface area contributed by atoms with E-state index in [1.807, 2.05) is 0 Å². The van der Waals surface area contributed by atoms with Gasteiger partial charge in [-0.05, 0) is 0 Å². The quantitative estimate of drug-likeness (QED) is 0.301. The van der Waals surface area contributed by atoms with Gasteiger partial charge in [0, 0.05) is 0 Å². The van der Waals surface area contributed by atoms with Crippen molar-refractivity contribution < 1.29 is 25.2 Å². The first-order valence-corrected chi connectivity index (χ1v) is 4.14. The van der Waals surface area contributed by atoms with Gasteiger partial charge in [-0.25, -0.2) is 0 Å². The SMILES string of the molecule is NC12O[C@@H](O)C1C(O)[C@H](O)C2CO. The molecule has 13 heavy (non-hydrogen) atoms. The molecule has 2 rings (SSSR count). The Kier molecular flexibility index (Phi) is 1.88. The number of fused-ring (bicyclic) bond motifs is 1. The highest BCUT2D eigenvalue weighted by Crippen LogP contribution is 2.49. The van der Waals surface area contributed by atoms with Gasteiger partial charge in [-0.3, -0.25) is 0 Å². The average molecular weight is 191 g/mol. The minimum atomic E-state index is -1.28. The lowest BCUT2D eigenvalue weighted by molar-refractivity contribution is -0.349. The highest BCUT2D eigenvalue weighted by molar-refractivity contribution is 5.12. The van der Waals surface area contributed by atoms with E-state index in [9.17, 15) is 10.2 Å². The summed E-state index contributed by atoms with van der Waals surface area (Å²) < 4.78 is 4.85. The van der Waals surface area contributed by atoms with Crippen LogP contribution in [0.3, 0.4) is 0 Å². The lowest BCUT2D eigenvalue weighted by Gasteiger charge is -2.48. The summed E-state index contributed by atoms with van der Waals surface area (Å²) in [6.07, 6.45) is -3.42. The molecule has 1 saturated carbocycles. The summed E-state index contributed by atoms with van der Waals surface area (Å²) in [5, 5.41) is 36.9. The molecule has 1 saturated heterocycles. The molecule has 0 aromatic carbocycles. The Morgan fingerprint density at radius 2 is 1.85 bits per heavy atom. The second-order valence-electron chi connectivity index (χ2n) is 3.66. The molecule has 1 aliphatic heterocycles. The molecule has 0 amide bonds. The van der Waals surface area contributed by atoms with E-state index in [2.05, 4.69) is 0 Å². The predicted octanol–water partition coefficient (Wildman–Crippen LogP) is -3.05. The second-order valence-corrected chi connectivity index (χ2v) is 3.66. The van der Waals surface area contributed by atoms with E-state index < -0.39 is 36.1 Å². The number of aliphatic hydroxyl groups is 4. The van der Waals surface area contributed by atoms with Gasteiger partial charge in [-0.2, -0.15) is 0 Å². The first kappa shape index (κ1) is 9.32. The zero-order valence-corrected chi connectivity index (χ0v) is 6.87. The minimum absolute atomic E-state index is 0.377. The maximum absolute atomic E-state index is 9.44. The normalized spacial score (nSPS) is 60.2. The molecule has 1 heterocycles. The Hall–Kier alpha value is -0.240. The molecule has 6 N–H and O–H groups in total. The number of rotatable bonds is 1. The molecule has 6 heteroatoms. The van der Waals surface area contributed by atoms with Gasteiger partial charge in [-0.15, -0.1) is 0 Å². The predicted molar refractivity (Wildman–Crippen MR) is 40.1 cm³/mol. The molecular weight excluding hydrogens is 178 g/mol. The van der Waals surface area contributed by atoms with Crippen LogP contribution in [0.1, 0.15) is 0 Å². The van der Waals surface area contributed by atoms with Crippen LogP contribution >= 0.6 is 0 Å². The van der Waals surface area contributed by atoms with Crippen LogP contribution in [0.4, 0.5) is 0 Å². The Morgan fingerprint density at radius 3 is 2.23 bits per heavy atom. The molecule has 0 aromatic rings. The molecule has 6 atom stereocenters. The van der Waals surface area contributed by atoms with Crippen LogP contribution in [0.15, 0.2) is 0 Å². The fourth-order valence-corrected chi connectivity index (χ4v) is 2.25. The lowest BCUT2D eigenvalue weighted by atomic mass is 9.87. The van der Waals surface area contributed by atoms with Crippen molar-refractivity contribution >= 4 is 0 Å². The van der Waals surface area contributed by atoms with Gasteiger partial charge >= 0.3 is 0 Å². The van der Waals surface area contributed by atoms with E-state index in [0.717, 1.165) is 0 Å². The number of ether oxygens (including phenoxy) is 1. The fourth-order valence-electron chi connectivity index (χ4n) is 2.25. The fraction of sp³-hybridized carbons (Fsp3) is 1.00. The topological polar surface area (TPSA) is 116 Å². The van der Waals surface area contributed by atoms with Crippen LogP contribution in [0, 0.1) is 11.8 Å². The van der Waals surface area contributed by atoms with Gasteiger partial charge < -0.3 is 30.9 Å². The van der Waals surface area contributed by atoms with Crippen LogP contribution in [0.2, 0.25) is 0 Å². The molecule has 76 valence electrons. The molecule has 0 aromatic heterocycles. The van der Waals surface area contributed by atoms with Crippen molar-refractivity contribution in [3.05, 3.63) is 0 Å². The van der Waals surface area contributed by atoms with E-state index >= 15 is 0 Å². The smallest absolute Gasteiger partial charge is 0.166 e. The molecule has 6 nitrogen and oxygen atoms in total. The highest BCUT2D eigenvalue weighted by Gasteiger charge is 2.68. The molecule has 2 aliphatic rings. The summed E-state index contributed by atoms with van der Waals surface area (Å²) in [6.45, 7) is -0.377. The van der Waals surface area contributed by atoms with Crippen LogP contribution in [-0.4, -0.2) is 51.3 Å². The first-order chi connectivity index (χ1) is 6.02. The molecule has 0 bridgehead atoms. The number of hydrogen-bond donors (Lipinski definition) is 5. The van der Waals surface area contributed by atoms with Gasteiger partial charge in [0.05, 0.1) is 30.7 Å². The summed E-state index contributed by atoms with van der Waals surface area (Å²) in [5.74, 6) is -1.45. The third-order valence-electron chi connectivity index (χ3n) is 3.06. The molecule has 0 spiro atoms. The highest BCUT2D eigenvalue weighted by atomic mass is 16.7. The van der Waals surface area contributed by atoms with E-state index in [1.54, 1.807) is 0 Å². The van der Waals surface area contributed by atoms with Gasteiger partial charge in [0.1, 0.15) is 5.72 Å². The largest absolute Gasteiger partial charge is 0.396 e. The summed E-state index contributed by atoms with van der Waals surface area (Å²) in [6, 6.07) is 0. The molecule has 0 radical (unpaired) electrons. The van der Waals surface area contributed by atoms with Crippen molar-refractivity contribution in [2.75, 3.05) is 6.61 Å². The van der Waals surface area contributed by atoms with Crippen molar-refractivity contribution in [3.8, 4) is 0 Å². The minimum Gasteiger partial charge on any atom is -0.396 e. The average Bonchev–Trinajstić information content (AvgIpc) is 2.17. The van der Waals surface area contributed by atoms with E-state index in [-0.39, 0.29) is 6.61 Å². The molecule has 4 unspecified atom stereocenters. The summed E-state index contributed by atoms with van der Waals surface area (Å²) >= 11 is 0. The van der Waals surface area contributed by atoms with E-state index in [4.69, 9.17) is 20.7 Å². The van der Waals surface area contributed by atoms with E-state index in [1.165, 1.54) is 0 Å². The molecule has 1 aliphatic carbocycles. The van der Waals surface area contributed by atoms with Crippen molar-refractivity contribution in [1.29, 1.82) is 0 Å². The van der Waals surface area contributed by atoms with Crippen LogP contribution in [0.5, 0.6) is 0 Å². The van der Waals surface area contributed by atoms with Crippen molar-refractivity contribution in [2.45, 2.75) is 24.2 Å². The van der Waals surface area contributed by atoms with Crippen LogP contribution in [0.25, 0.3) is 0 Å². The Balaban J connectivity index is 2.25. The van der Waals surface area contributed by atoms with Gasteiger partial charge in [-0.1, -0.05) is 0 Å². The second kappa shape index (κ2) is 2.63. The zero-order chi connectivity index (χ0) is 9.80. The van der Waals surface area contributed by atoms with Crippen LogP contribution in [-0.2, 0) is 4.74 Å². The summed E-state index contributed by atoms with van der Waals surface area (Å²) in [7, 11) is 0. The lowest BCUT2D eigenvalue weighted by Crippen LogP contribution is -2.68. The third kappa shape index (κ3) is 0.927. The molecule has 2 fully saturated rings. The zero-order valence-electron chi connectivity index (χ0n) is 6.87. The Labute approximate surface area is 74.5 Å². The first-order valence-electron chi connectivity index (χ1n) is 4.14. The number of hydrogen-bond acceptors (Lipinski definition) is 6. The molecular formula is C7H13NO5. The monoisotopic (exact) mass is 191 g/mol. The Bertz CT molecular complexity index is 213. The van der Waals surface area contributed by atoms with Crippen molar-refractivity contribution in [3.63, 3.8) is 0 Å². The summed E-state index contributed by atoms with van der Waals surface area (Å²) in [5.41, 5.74) is 4.39. The van der Waals surface area contributed by atoms with Gasteiger partial charge in [0.2, 0.25) is 0 Å². The van der Waals surface area contributed by atoms with E-state index in [0.29, 0.717) is 0 Å². The van der Waals surface area contributed by atoms with Crippen LogP contribution < -0.4 is 5.73 Å². The Morgan fingerprint density at radius 1 is 1.23 bits per heavy atom. The van der Waals surface area contributed by atoms with Gasteiger partial charge in [0.15, 0.2) is 6.29 Å². The van der Waals surface area contributed by atoms with Crippen molar-refractivity contribution in [2.24, 2.45) is 17.6 Å². The standard InChI is InChI=1S/C7H13NO5/c8-7-2(1-9)4(10)5(11)3(7)6(12)13-7/h2-6,9-12H,1,8H2/t2?,3?,4-,5?,6-,7?/m1/s1.